The Hall–Kier alpha value is -1.94. The van der Waals surface area contributed by atoms with Crippen LogP contribution in [-0.4, -0.2) is 17.0 Å². The van der Waals surface area contributed by atoms with Crippen LogP contribution in [0.3, 0.4) is 0 Å². The fraction of sp³-hybridized carbons (Fsp3) is 0.375. The van der Waals surface area contributed by atoms with E-state index in [-0.39, 0.29) is 5.41 Å². The molecule has 2 rings (SSSR count). The van der Waals surface area contributed by atoms with Crippen molar-refractivity contribution in [2.75, 3.05) is 7.05 Å². The van der Waals surface area contributed by atoms with Crippen molar-refractivity contribution in [3.63, 3.8) is 0 Å². The van der Waals surface area contributed by atoms with Crippen LogP contribution in [0.1, 0.15) is 32.0 Å². The minimum Gasteiger partial charge on any atom is -0.437 e. The number of nitrogens with zero attached hydrogens (tertiary/aromatic N) is 2. The fourth-order valence-corrected chi connectivity index (χ4v) is 1.85. The molecule has 0 atom stereocenters. The molecule has 4 nitrogen and oxygen atoms in total. The summed E-state index contributed by atoms with van der Waals surface area (Å²) < 4.78 is 5.73. The first-order valence-electron chi connectivity index (χ1n) is 6.73. The molecule has 0 aliphatic carbocycles. The van der Waals surface area contributed by atoms with Gasteiger partial charge in [-0.15, -0.1) is 0 Å². The lowest BCUT2D eigenvalue weighted by atomic mass is 9.87. The molecular weight excluding hydrogens is 250 g/mol. The first-order chi connectivity index (χ1) is 9.49. The smallest absolute Gasteiger partial charge is 0.238 e. The van der Waals surface area contributed by atoms with Gasteiger partial charge in [0.1, 0.15) is 5.75 Å². The van der Waals surface area contributed by atoms with Crippen molar-refractivity contribution < 1.29 is 4.74 Å². The molecule has 20 heavy (non-hydrogen) atoms. The quantitative estimate of drug-likeness (QED) is 0.927. The summed E-state index contributed by atoms with van der Waals surface area (Å²) in [7, 11) is 1.88. The van der Waals surface area contributed by atoms with Gasteiger partial charge in [-0.3, -0.25) is 4.98 Å². The van der Waals surface area contributed by atoms with Crippen LogP contribution in [0.5, 0.6) is 11.6 Å². The number of hydrogen-bond donors (Lipinski definition) is 1. The summed E-state index contributed by atoms with van der Waals surface area (Å²) in [5, 5.41) is 3.04. The Bertz CT molecular complexity index is 559. The Labute approximate surface area is 120 Å². The highest BCUT2D eigenvalue weighted by molar-refractivity contribution is 5.33. The van der Waals surface area contributed by atoms with Gasteiger partial charge in [0, 0.05) is 12.7 Å². The maximum absolute atomic E-state index is 5.73. The van der Waals surface area contributed by atoms with E-state index in [2.05, 4.69) is 48.2 Å². The normalized spacial score (nSPS) is 11.4. The van der Waals surface area contributed by atoms with Crippen molar-refractivity contribution in [2.24, 2.45) is 0 Å². The maximum atomic E-state index is 5.73. The molecule has 0 aliphatic heterocycles. The molecule has 106 valence electrons. The summed E-state index contributed by atoms with van der Waals surface area (Å²) in [6.45, 7) is 7.24. The van der Waals surface area contributed by atoms with Crippen molar-refractivity contribution in [1.29, 1.82) is 0 Å². The van der Waals surface area contributed by atoms with Gasteiger partial charge in [-0.2, -0.15) is 0 Å². The lowest BCUT2D eigenvalue weighted by Gasteiger charge is -2.19. The molecule has 0 radical (unpaired) electrons. The highest BCUT2D eigenvalue weighted by atomic mass is 16.5. The predicted molar refractivity (Wildman–Crippen MR) is 80.0 cm³/mol. The number of ether oxygens (including phenoxy) is 1. The summed E-state index contributed by atoms with van der Waals surface area (Å²) in [5.74, 6) is 1.29. The third-order valence-corrected chi connectivity index (χ3v) is 2.96. The van der Waals surface area contributed by atoms with Crippen LogP contribution in [-0.2, 0) is 12.0 Å². The summed E-state index contributed by atoms with van der Waals surface area (Å²) in [6.07, 6.45) is 3.35. The SMILES string of the molecule is CNCc1cncc(Oc2ccc(C(C)(C)C)cc2)n1. The number of hydrogen-bond acceptors (Lipinski definition) is 4. The molecule has 1 aromatic heterocycles. The van der Waals surface area contributed by atoms with E-state index in [4.69, 9.17) is 4.74 Å². The van der Waals surface area contributed by atoms with Gasteiger partial charge in [-0.25, -0.2) is 4.98 Å². The van der Waals surface area contributed by atoms with E-state index in [0.717, 1.165) is 11.4 Å². The zero-order valence-corrected chi connectivity index (χ0v) is 12.5. The van der Waals surface area contributed by atoms with Crippen LogP contribution in [0.2, 0.25) is 0 Å². The maximum Gasteiger partial charge on any atom is 0.238 e. The monoisotopic (exact) mass is 271 g/mol. The van der Waals surface area contributed by atoms with Crippen molar-refractivity contribution in [1.82, 2.24) is 15.3 Å². The van der Waals surface area contributed by atoms with Crippen LogP contribution < -0.4 is 10.1 Å². The molecule has 0 spiro atoms. The van der Waals surface area contributed by atoms with E-state index in [1.54, 1.807) is 12.4 Å². The summed E-state index contributed by atoms with van der Waals surface area (Å²) >= 11 is 0. The summed E-state index contributed by atoms with van der Waals surface area (Å²) in [4.78, 5) is 8.51. The van der Waals surface area contributed by atoms with Crippen molar-refractivity contribution >= 4 is 0 Å². The highest BCUT2D eigenvalue weighted by Gasteiger charge is 2.13. The van der Waals surface area contributed by atoms with E-state index in [0.29, 0.717) is 12.4 Å². The molecule has 0 saturated carbocycles. The van der Waals surface area contributed by atoms with Crippen molar-refractivity contribution in [3.05, 3.63) is 47.9 Å². The van der Waals surface area contributed by atoms with Crippen molar-refractivity contribution in [3.8, 4) is 11.6 Å². The van der Waals surface area contributed by atoms with Crippen LogP contribution in [0.4, 0.5) is 0 Å². The lowest BCUT2D eigenvalue weighted by molar-refractivity contribution is 0.456. The Kier molecular flexibility index (Phi) is 4.35. The first-order valence-corrected chi connectivity index (χ1v) is 6.73. The van der Waals surface area contributed by atoms with Crippen molar-refractivity contribution in [2.45, 2.75) is 32.7 Å². The largest absolute Gasteiger partial charge is 0.437 e. The molecule has 2 aromatic rings. The molecule has 0 unspecified atom stereocenters. The van der Waals surface area contributed by atoms with Gasteiger partial charge < -0.3 is 10.1 Å². The van der Waals surface area contributed by atoms with Crippen LogP contribution in [0, 0.1) is 0 Å². The molecule has 0 bridgehead atoms. The second-order valence-electron chi connectivity index (χ2n) is 5.76. The van der Waals surface area contributed by atoms with Gasteiger partial charge in [-0.05, 0) is 30.2 Å². The average Bonchev–Trinajstić information content (AvgIpc) is 2.39. The molecule has 4 heteroatoms. The van der Waals surface area contributed by atoms with Gasteiger partial charge in [0.05, 0.1) is 11.9 Å². The number of rotatable bonds is 4. The average molecular weight is 271 g/mol. The summed E-state index contributed by atoms with van der Waals surface area (Å²) in [5.41, 5.74) is 2.28. The van der Waals surface area contributed by atoms with Gasteiger partial charge in [0.15, 0.2) is 0 Å². The van der Waals surface area contributed by atoms with Crippen LogP contribution >= 0.6 is 0 Å². The Morgan fingerprint density at radius 2 is 1.80 bits per heavy atom. The first kappa shape index (κ1) is 14.5. The number of aromatic nitrogens is 2. The van der Waals surface area contributed by atoms with E-state index >= 15 is 0 Å². The van der Waals surface area contributed by atoms with Gasteiger partial charge in [-0.1, -0.05) is 32.9 Å². The topological polar surface area (TPSA) is 47.0 Å². The van der Waals surface area contributed by atoms with Gasteiger partial charge in [0.2, 0.25) is 5.88 Å². The summed E-state index contributed by atoms with van der Waals surface area (Å²) in [6, 6.07) is 8.10. The van der Waals surface area contributed by atoms with E-state index in [9.17, 15) is 0 Å². The van der Waals surface area contributed by atoms with E-state index < -0.39 is 0 Å². The minimum absolute atomic E-state index is 0.144. The lowest BCUT2D eigenvalue weighted by Crippen LogP contribution is -2.10. The zero-order chi connectivity index (χ0) is 14.6. The molecule has 1 aromatic carbocycles. The zero-order valence-electron chi connectivity index (χ0n) is 12.5. The fourth-order valence-electron chi connectivity index (χ4n) is 1.85. The second-order valence-corrected chi connectivity index (χ2v) is 5.76. The molecule has 0 amide bonds. The second kappa shape index (κ2) is 6.01. The molecule has 0 saturated heterocycles. The third-order valence-electron chi connectivity index (χ3n) is 2.96. The predicted octanol–water partition coefficient (Wildman–Crippen LogP) is 3.29. The molecule has 0 fully saturated rings. The Morgan fingerprint density at radius 3 is 2.40 bits per heavy atom. The Morgan fingerprint density at radius 1 is 1.10 bits per heavy atom. The van der Waals surface area contributed by atoms with E-state index in [1.165, 1.54) is 5.56 Å². The molecule has 1 N–H and O–H groups in total. The number of nitrogens with one attached hydrogen (secondary N) is 1. The van der Waals surface area contributed by atoms with E-state index in [1.807, 2.05) is 19.2 Å². The van der Waals surface area contributed by atoms with Gasteiger partial charge >= 0.3 is 0 Å². The molecular formula is C16H21N3O. The highest BCUT2D eigenvalue weighted by Crippen LogP contribution is 2.26. The molecule has 0 aliphatic rings. The number of benzene rings is 1. The minimum atomic E-state index is 0.144. The third kappa shape index (κ3) is 3.78. The van der Waals surface area contributed by atoms with Crippen LogP contribution in [0.25, 0.3) is 0 Å². The van der Waals surface area contributed by atoms with Gasteiger partial charge in [0.25, 0.3) is 0 Å². The van der Waals surface area contributed by atoms with Crippen LogP contribution in [0.15, 0.2) is 36.7 Å². The molecule has 1 heterocycles. The Balaban J connectivity index is 2.12. The standard InChI is InChI=1S/C16H21N3O/c1-16(2,3)12-5-7-14(8-6-12)20-15-11-18-10-13(19-15)9-17-4/h5-8,10-11,17H,9H2,1-4H3.